The van der Waals surface area contributed by atoms with Crippen LogP contribution >= 0.6 is 0 Å². The number of hydrogen-bond donors (Lipinski definition) is 2. The van der Waals surface area contributed by atoms with Crippen LogP contribution in [-0.2, 0) is 10.0 Å². The molecule has 86 valence electrons. The lowest BCUT2D eigenvalue weighted by atomic mass is 10.0. The van der Waals surface area contributed by atoms with Crippen molar-refractivity contribution >= 4 is 10.0 Å². The zero-order valence-electron chi connectivity index (χ0n) is 9.46. The summed E-state index contributed by atoms with van der Waals surface area (Å²) >= 11 is 0. The van der Waals surface area contributed by atoms with Gasteiger partial charge in [-0.25, -0.2) is 18.1 Å². The summed E-state index contributed by atoms with van der Waals surface area (Å²) in [7, 11) is -3.48. The van der Waals surface area contributed by atoms with Gasteiger partial charge in [0.15, 0.2) is 5.03 Å². The molecule has 0 saturated carbocycles. The fourth-order valence-electron chi connectivity index (χ4n) is 1.03. The van der Waals surface area contributed by atoms with E-state index >= 15 is 0 Å². The molecule has 2 N–H and O–H groups in total. The smallest absolute Gasteiger partial charge is 0.258 e. The lowest BCUT2D eigenvalue weighted by Crippen LogP contribution is -2.42. The molecule has 1 aromatic heterocycles. The van der Waals surface area contributed by atoms with Crippen molar-refractivity contribution in [2.24, 2.45) is 0 Å². The van der Waals surface area contributed by atoms with Crippen LogP contribution in [0.3, 0.4) is 0 Å². The Morgan fingerprint density at radius 2 is 2.13 bits per heavy atom. The lowest BCUT2D eigenvalue weighted by molar-refractivity contribution is 0.438. The minimum Gasteiger partial charge on any atom is -0.332 e. The minimum atomic E-state index is -3.48. The second kappa shape index (κ2) is 3.94. The Morgan fingerprint density at radius 3 is 2.53 bits per heavy atom. The number of sulfonamides is 1. The van der Waals surface area contributed by atoms with Crippen LogP contribution in [-0.4, -0.2) is 23.9 Å². The van der Waals surface area contributed by atoms with Crippen LogP contribution in [0.2, 0.25) is 0 Å². The summed E-state index contributed by atoms with van der Waals surface area (Å²) in [6.07, 6.45) is 2.04. The lowest BCUT2D eigenvalue weighted by Gasteiger charge is -2.23. The molecule has 0 aromatic carbocycles. The summed E-state index contributed by atoms with van der Waals surface area (Å²) in [5.41, 5.74) is -0.447. The standard InChI is InChI=1S/C9H17N3O2S/c1-5-9(3,4)12-15(13,14)8-6-10-7(2)11-8/h6,12H,5H2,1-4H3,(H,10,11). The van der Waals surface area contributed by atoms with E-state index in [1.54, 1.807) is 6.92 Å². The Balaban J connectivity index is 2.95. The van der Waals surface area contributed by atoms with Gasteiger partial charge in [-0.15, -0.1) is 0 Å². The molecule has 0 fully saturated rings. The Bertz CT molecular complexity index is 434. The van der Waals surface area contributed by atoms with E-state index < -0.39 is 15.6 Å². The molecule has 0 radical (unpaired) electrons. The third-order valence-electron chi connectivity index (χ3n) is 2.26. The third kappa shape index (κ3) is 3.04. The van der Waals surface area contributed by atoms with Gasteiger partial charge in [0.1, 0.15) is 5.82 Å². The first-order valence-corrected chi connectivity index (χ1v) is 6.31. The number of imidazole rings is 1. The monoisotopic (exact) mass is 231 g/mol. The highest BCUT2D eigenvalue weighted by Gasteiger charge is 2.25. The number of aryl methyl sites for hydroxylation is 1. The van der Waals surface area contributed by atoms with Gasteiger partial charge in [-0.1, -0.05) is 6.92 Å². The predicted molar refractivity (Wildman–Crippen MR) is 58.0 cm³/mol. The number of hydrogen-bond acceptors (Lipinski definition) is 3. The second-order valence-corrected chi connectivity index (χ2v) is 5.83. The molecule has 1 rings (SSSR count). The van der Waals surface area contributed by atoms with Crippen molar-refractivity contribution in [3.05, 3.63) is 12.0 Å². The molecule has 5 nitrogen and oxygen atoms in total. The molecular weight excluding hydrogens is 214 g/mol. The van der Waals surface area contributed by atoms with Crippen LogP contribution < -0.4 is 4.72 Å². The van der Waals surface area contributed by atoms with E-state index in [0.717, 1.165) is 6.42 Å². The molecule has 0 saturated heterocycles. The molecule has 6 heteroatoms. The first-order valence-electron chi connectivity index (χ1n) is 4.82. The summed E-state index contributed by atoms with van der Waals surface area (Å²) in [6.45, 7) is 7.33. The second-order valence-electron chi connectivity index (χ2n) is 4.18. The third-order valence-corrected chi connectivity index (χ3v) is 3.87. The number of nitrogens with zero attached hydrogens (tertiary/aromatic N) is 1. The average Bonchev–Trinajstić information content (AvgIpc) is 2.51. The average molecular weight is 231 g/mol. The largest absolute Gasteiger partial charge is 0.332 e. The molecule has 0 amide bonds. The molecule has 0 unspecified atom stereocenters. The number of H-pyrrole nitrogens is 1. The van der Waals surface area contributed by atoms with Gasteiger partial charge in [0.05, 0.1) is 6.20 Å². The molecule has 0 spiro atoms. The summed E-state index contributed by atoms with van der Waals surface area (Å²) < 4.78 is 26.3. The number of nitrogens with one attached hydrogen (secondary N) is 2. The van der Waals surface area contributed by atoms with Gasteiger partial charge in [0.2, 0.25) is 0 Å². The topological polar surface area (TPSA) is 74.8 Å². The Labute approximate surface area is 90.4 Å². The van der Waals surface area contributed by atoms with Crippen molar-refractivity contribution in [2.75, 3.05) is 0 Å². The van der Waals surface area contributed by atoms with Crippen molar-refractivity contribution in [1.82, 2.24) is 14.7 Å². The first-order chi connectivity index (χ1) is 6.77. The first kappa shape index (κ1) is 12.2. The molecule has 1 heterocycles. The summed E-state index contributed by atoms with van der Waals surface area (Å²) in [4.78, 5) is 6.57. The molecule has 0 aliphatic carbocycles. The van der Waals surface area contributed by atoms with Gasteiger partial charge in [0.25, 0.3) is 10.0 Å². The summed E-state index contributed by atoms with van der Waals surface area (Å²) in [5.74, 6) is 0.588. The molecule has 0 atom stereocenters. The summed E-state index contributed by atoms with van der Waals surface area (Å²) in [5, 5.41) is 0.113. The molecule has 15 heavy (non-hydrogen) atoms. The van der Waals surface area contributed by atoms with E-state index in [1.165, 1.54) is 6.20 Å². The summed E-state index contributed by atoms with van der Waals surface area (Å²) in [6, 6.07) is 0. The molecule has 0 aliphatic rings. The highest BCUT2D eigenvalue weighted by molar-refractivity contribution is 7.89. The van der Waals surface area contributed by atoms with Gasteiger partial charge in [-0.3, -0.25) is 0 Å². The normalized spacial score (nSPS) is 13.1. The van der Waals surface area contributed by atoms with Gasteiger partial charge in [-0.05, 0) is 27.2 Å². The quantitative estimate of drug-likeness (QED) is 0.817. The van der Waals surface area contributed by atoms with E-state index in [1.807, 2.05) is 20.8 Å². The fourth-order valence-corrected chi connectivity index (χ4v) is 2.48. The van der Waals surface area contributed by atoms with Gasteiger partial charge < -0.3 is 4.98 Å². The predicted octanol–water partition coefficient (Wildman–Crippen LogP) is 1.19. The van der Waals surface area contributed by atoms with E-state index in [2.05, 4.69) is 14.7 Å². The maximum absolute atomic E-state index is 11.8. The fraction of sp³-hybridized carbons (Fsp3) is 0.667. The maximum Gasteiger partial charge on any atom is 0.258 e. The Morgan fingerprint density at radius 1 is 1.53 bits per heavy atom. The number of rotatable bonds is 4. The number of aromatic nitrogens is 2. The van der Waals surface area contributed by atoms with E-state index in [0.29, 0.717) is 5.82 Å². The van der Waals surface area contributed by atoms with Crippen molar-refractivity contribution < 1.29 is 8.42 Å². The molecule has 0 bridgehead atoms. The zero-order valence-corrected chi connectivity index (χ0v) is 10.3. The van der Waals surface area contributed by atoms with E-state index in [9.17, 15) is 8.42 Å². The Kier molecular flexibility index (Phi) is 3.20. The van der Waals surface area contributed by atoms with Crippen LogP contribution in [0.15, 0.2) is 11.2 Å². The van der Waals surface area contributed by atoms with Crippen LogP contribution in [0.25, 0.3) is 0 Å². The van der Waals surface area contributed by atoms with Crippen LogP contribution in [0.5, 0.6) is 0 Å². The minimum absolute atomic E-state index is 0.113. The van der Waals surface area contributed by atoms with Gasteiger partial charge >= 0.3 is 0 Å². The highest BCUT2D eigenvalue weighted by Crippen LogP contribution is 2.13. The van der Waals surface area contributed by atoms with E-state index in [4.69, 9.17) is 0 Å². The molecular formula is C9H17N3O2S. The van der Waals surface area contributed by atoms with E-state index in [-0.39, 0.29) is 5.03 Å². The van der Waals surface area contributed by atoms with Crippen LogP contribution in [0.1, 0.15) is 33.0 Å². The molecule has 1 aromatic rings. The zero-order chi connectivity index (χ0) is 11.7. The number of aromatic amines is 1. The van der Waals surface area contributed by atoms with Crippen molar-refractivity contribution in [1.29, 1.82) is 0 Å². The van der Waals surface area contributed by atoms with Crippen molar-refractivity contribution in [3.63, 3.8) is 0 Å². The molecule has 0 aliphatic heterocycles. The van der Waals surface area contributed by atoms with Crippen molar-refractivity contribution in [3.8, 4) is 0 Å². The van der Waals surface area contributed by atoms with Crippen LogP contribution in [0.4, 0.5) is 0 Å². The Hall–Kier alpha value is -0.880. The van der Waals surface area contributed by atoms with Gasteiger partial charge in [0, 0.05) is 5.54 Å². The SMILES string of the molecule is CCC(C)(C)NS(=O)(=O)c1cnc(C)[nH]1. The highest BCUT2D eigenvalue weighted by atomic mass is 32.2. The van der Waals surface area contributed by atoms with Gasteiger partial charge in [-0.2, -0.15) is 0 Å². The maximum atomic E-state index is 11.8. The van der Waals surface area contributed by atoms with Crippen molar-refractivity contribution in [2.45, 2.75) is 44.7 Å². The van der Waals surface area contributed by atoms with Crippen LogP contribution in [0, 0.1) is 6.92 Å².